The second-order valence-corrected chi connectivity index (χ2v) is 4.70. The third-order valence-electron chi connectivity index (χ3n) is 3.00. The number of methoxy groups -OCH3 is 1. The molecule has 0 saturated heterocycles. The maximum absolute atomic E-state index is 5.40. The van der Waals surface area contributed by atoms with Crippen LogP contribution in [0, 0.1) is 0 Å². The van der Waals surface area contributed by atoms with Crippen LogP contribution in [0.1, 0.15) is 6.92 Å². The summed E-state index contributed by atoms with van der Waals surface area (Å²) in [5.74, 6) is 1.93. The van der Waals surface area contributed by atoms with Gasteiger partial charge in [0.2, 0.25) is 5.75 Å². The molecule has 2 aromatic rings. The number of aromatic nitrogens is 2. The van der Waals surface area contributed by atoms with Crippen LogP contribution >= 0.6 is 0 Å². The van der Waals surface area contributed by atoms with Crippen LogP contribution in [0.4, 0.5) is 23.0 Å². The van der Waals surface area contributed by atoms with Crippen molar-refractivity contribution in [2.45, 2.75) is 6.92 Å². The topological polar surface area (TPSA) is 62.3 Å². The predicted octanol–water partition coefficient (Wildman–Crippen LogP) is 2.73. The minimum atomic E-state index is 0.607. The monoisotopic (exact) mass is 287 g/mol. The number of nitrogens with one attached hydrogen (secondary N) is 2. The predicted molar refractivity (Wildman–Crippen MR) is 86.8 cm³/mol. The smallest absolute Gasteiger partial charge is 0.204 e. The van der Waals surface area contributed by atoms with Gasteiger partial charge in [0.05, 0.1) is 7.11 Å². The number of benzene rings is 1. The van der Waals surface area contributed by atoms with Crippen LogP contribution < -0.4 is 20.3 Å². The Morgan fingerprint density at radius 2 is 1.76 bits per heavy atom. The molecule has 0 spiro atoms. The van der Waals surface area contributed by atoms with E-state index in [1.54, 1.807) is 7.11 Å². The second kappa shape index (κ2) is 6.78. The lowest BCUT2D eigenvalue weighted by atomic mass is 10.2. The third-order valence-corrected chi connectivity index (χ3v) is 3.00. The summed E-state index contributed by atoms with van der Waals surface area (Å²) >= 11 is 0. The molecule has 112 valence electrons. The van der Waals surface area contributed by atoms with Gasteiger partial charge in [-0.15, -0.1) is 0 Å². The first kappa shape index (κ1) is 14.9. The van der Waals surface area contributed by atoms with Crippen LogP contribution in [-0.2, 0) is 0 Å². The lowest BCUT2D eigenvalue weighted by Crippen LogP contribution is -2.08. The molecule has 0 unspecified atom stereocenters. The van der Waals surface area contributed by atoms with E-state index < -0.39 is 0 Å². The summed E-state index contributed by atoms with van der Waals surface area (Å²) in [4.78, 5) is 10.5. The van der Waals surface area contributed by atoms with E-state index in [0.29, 0.717) is 17.4 Å². The van der Waals surface area contributed by atoms with Gasteiger partial charge in [-0.25, -0.2) is 9.97 Å². The van der Waals surface area contributed by atoms with Crippen molar-refractivity contribution in [1.82, 2.24) is 9.97 Å². The Morgan fingerprint density at radius 1 is 1.10 bits per heavy atom. The Hall–Kier alpha value is -2.50. The molecule has 6 heteroatoms. The van der Waals surface area contributed by atoms with E-state index in [9.17, 15) is 0 Å². The Balaban J connectivity index is 2.24. The van der Waals surface area contributed by atoms with E-state index in [1.165, 1.54) is 6.33 Å². The summed E-state index contributed by atoms with van der Waals surface area (Å²) in [6.07, 6.45) is 1.51. The number of hydrogen-bond donors (Lipinski definition) is 2. The molecule has 0 saturated carbocycles. The summed E-state index contributed by atoms with van der Waals surface area (Å²) in [6.45, 7) is 2.78. The van der Waals surface area contributed by atoms with Gasteiger partial charge < -0.3 is 20.3 Å². The van der Waals surface area contributed by atoms with E-state index >= 15 is 0 Å². The lowest BCUT2D eigenvalue weighted by molar-refractivity contribution is 0.415. The quantitative estimate of drug-likeness (QED) is 0.852. The molecule has 0 bridgehead atoms. The highest BCUT2D eigenvalue weighted by Crippen LogP contribution is 2.31. The molecule has 2 N–H and O–H groups in total. The lowest BCUT2D eigenvalue weighted by Gasteiger charge is -2.15. The molecule has 0 aliphatic heterocycles. The van der Waals surface area contributed by atoms with E-state index in [-0.39, 0.29) is 0 Å². The van der Waals surface area contributed by atoms with E-state index in [4.69, 9.17) is 4.74 Å². The summed E-state index contributed by atoms with van der Waals surface area (Å²) in [6, 6.07) is 8.09. The standard InChI is InChI=1S/C15H21N5O/c1-5-16-14-13(21-4)15(18-10-17-14)19-11-6-8-12(9-7-11)20(2)3/h6-10H,5H2,1-4H3,(H2,16,17,18,19). The summed E-state index contributed by atoms with van der Waals surface area (Å²) in [5.41, 5.74) is 2.09. The molecule has 0 amide bonds. The summed E-state index contributed by atoms with van der Waals surface area (Å²) in [5, 5.41) is 6.41. The first-order chi connectivity index (χ1) is 10.2. The zero-order chi connectivity index (χ0) is 15.2. The van der Waals surface area contributed by atoms with Crippen molar-refractivity contribution in [3.05, 3.63) is 30.6 Å². The Labute approximate surface area is 125 Å². The van der Waals surface area contributed by atoms with Crippen molar-refractivity contribution in [3.63, 3.8) is 0 Å². The molecule has 1 heterocycles. The second-order valence-electron chi connectivity index (χ2n) is 4.70. The molecule has 0 radical (unpaired) electrons. The number of hydrogen-bond acceptors (Lipinski definition) is 6. The highest BCUT2D eigenvalue weighted by Gasteiger charge is 2.11. The first-order valence-electron chi connectivity index (χ1n) is 6.83. The maximum Gasteiger partial charge on any atom is 0.204 e. The van der Waals surface area contributed by atoms with Crippen molar-refractivity contribution in [2.24, 2.45) is 0 Å². The van der Waals surface area contributed by atoms with Crippen molar-refractivity contribution >= 4 is 23.0 Å². The third kappa shape index (κ3) is 3.53. The molecule has 0 aliphatic rings. The SMILES string of the molecule is CCNc1ncnc(Nc2ccc(N(C)C)cc2)c1OC. The van der Waals surface area contributed by atoms with Gasteiger partial charge in [-0.2, -0.15) is 0 Å². The van der Waals surface area contributed by atoms with Crippen LogP contribution in [0.5, 0.6) is 5.75 Å². The van der Waals surface area contributed by atoms with Gasteiger partial charge in [0.1, 0.15) is 6.33 Å². The number of rotatable bonds is 6. The van der Waals surface area contributed by atoms with Crippen LogP contribution in [-0.4, -0.2) is 37.7 Å². The fraction of sp³-hybridized carbons (Fsp3) is 0.333. The van der Waals surface area contributed by atoms with E-state index in [1.807, 2.05) is 45.3 Å². The molecule has 21 heavy (non-hydrogen) atoms. The Kier molecular flexibility index (Phi) is 4.81. The van der Waals surface area contributed by atoms with Crippen molar-refractivity contribution in [2.75, 3.05) is 43.3 Å². The van der Waals surface area contributed by atoms with Crippen molar-refractivity contribution in [1.29, 1.82) is 0 Å². The molecule has 0 fully saturated rings. The average molecular weight is 287 g/mol. The van der Waals surface area contributed by atoms with Gasteiger partial charge in [-0.3, -0.25) is 0 Å². The van der Waals surface area contributed by atoms with Crippen LogP contribution in [0.25, 0.3) is 0 Å². The summed E-state index contributed by atoms with van der Waals surface area (Å²) < 4.78 is 5.40. The molecule has 0 aliphatic carbocycles. The van der Waals surface area contributed by atoms with Crippen molar-refractivity contribution < 1.29 is 4.74 Å². The molecule has 1 aromatic carbocycles. The largest absolute Gasteiger partial charge is 0.490 e. The van der Waals surface area contributed by atoms with Crippen molar-refractivity contribution in [3.8, 4) is 5.75 Å². The van der Waals surface area contributed by atoms with Gasteiger partial charge in [-0.1, -0.05) is 0 Å². The molecular weight excluding hydrogens is 266 g/mol. The number of ether oxygens (including phenoxy) is 1. The van der Waals surface area contributed by atoms with Gasteiger partial charge >= 0.3 is 0 Å². The average Bonchev–Trinajstić information content (AvgIpc) is 2.48. The van der Waals surface area contributed by atoms with Crippen LogP contribution in [0.15, 0.2) is 30.6 Å². The zero-order valence-corrected chi connectivity index (χ0v) is 12.8. The molecule has 2 rings (SSSR count). The minimum Gasteiger partial charge on any atom is -0.490 e. The van der Waals surface area contributed by atoms with Crippen LogP contribution in [0.3, 0.4) is 0 Å². The molecular formula is C15H21N5O. The number of nitrogens with zero attached hydrogens (tertiary/aromatic N) is 3. The number of anilines is 4. The van der Waals surface area contributed by atoms with Gasteiger partial charge in [0.15, 0.2) is 11.6 Å². The minimum absolute atomic E-state index is 0.607. The highest BCUT2D eigenvalue weighted by atomic mass is 16.5. The zero-order valence-electron chi connectivity index (χ0n) is 12.8. The fourth-order valence-electron chi connectivity index (χ4n) is 1.93. The van der Waals surface area contributed by atoms with E-state index in [2.05, 4.69) is 25.5 Å². The molecule has 0 atom stereocenters. The molecule has 1 aromatic heterocycles. The Morgan fingerprint density at radius 3 is 2.33 bits per heavy atom. The fourth-order valence-corrected chi connectivity index (χ4v) is 1.93. The van der Waals surface area contributed by atoms with E-state index in [0.717, 1.165) is 17.9 Å². The summed E-state index contributed by atoms with van der Waals surface area (Å²) in [7, 11) is 5.64. The van der Waals surface area contributed by atoms with Gasteiger partial charge in [-0.05, 0) is 31.2 Å². The van der Waals surface area contributed by atoms with Gasteiger partial charge in [0, 0.05) is 32.0 Å². The van der Waals surface area contributed by atoms with Gasteiger partial charge in [0.25, 0.3) is 0 Å². The normalized spacial score (nSPS) is 10.1. The van der Waals surface area contributed by atoms with Crippen LogP contribution in [0.2, 0.25) is 0 Å². The first-order valence-corrected chi connectivity index (χ1v) is 6.83. The highest BCUT2D eigenvalue weighted by molar-refractivity contribution is 5.70. The molecule has 6 nitrogen and oxygen atoms in total. The maximum atomic E-state index is 5.40. The Bertz CT molecular complexity index is 583.